The monoisotopic (exact) mass is 247 g/mol. The third kappa shape index (κ3) is 2.68. The SMILES string of the molecule is CNCc1cc(-c2ccc(OC)c(C)c2)cs1. The zero-order chi connectivity index (χ0) is 12.3. The molecule has 2 aromatic rings. The minimum atomic E-state index is 0.930. The molecule has 0 amide bonds. The van der Waals surface area contributed by atoms with Crippen molar-refractivity contribution in [3.8, 4) is 16.9 Å². The normalized spacial score (nSPS) is 10.5. The van der Waals surface area contributed by atoms with Gasteiger partial charge in [-0.05, 0) is 54.2 Å². The van der Waals surface area contributed by atoms with Crippen molar-refractivity contribution in [2.45, 2.75) is 13.5 Å². The summed E-state index contributed by atoms with van der Waals surface area (Å²) >= 11 is 1.79. The third-order valence-corrected chi connectivity index (χ3v) is 3.67. The van der Waals surface area contributed by atoms with Gasteiger partial charge in [-0.3, -0.25) is 0 Å². The molecule has 0 unspecified atom stereocenters. The molecule has 0 atom stereocenters. The molecule has 2 nitrogen and oxygen atoms in total. The van der Waals surface area contributed by atoms with Crippen molar-refractivity contribution in [3.63, 3.8) is 0 Å². The molecule has 1 aromatic carbocycles. The van der Waals surface area contributed by atoms with Crippen LogP contribution in [0.1, 0.15) is 10.4 Å². The maximum Gasteiger partial charge on any atom is 0.121 e. The summed E-state index contributed by atoms with van der Waals surface area (Å²) in [6.45, 7) is 3.00. The van der Waals surface area contributed by atoms with Crippen molar-refractivity contribution >= 4 is 11.3 Å². The van der Waals surface area contributed by atoms with Gasteiger partial charge >= 0.3 is 0 Å². The van der Waals surface area contributed by atoms with Crippen LogP contribution in [0, 0.1) is 6.92 Å². The number of rotatable bonds is 4. The molecule has 2 rings (SSSR count). The van der Waals surface area contributed by atoms with E-state index in [0.717, 1.165) is 12.3 Å². The Hall–Kier alpha value is -1.32. The van der Waals surface area contributed by atoms with E-state index in [2.05, 4.69) is 35.8 Å². The molecule has 0 aliphatic heterocycles. The Morgan fingerprint density at radius 3 is 2.71 bits per heavy atom. The highest BCUT2D eigenvalue weighted by molar-refractivity contribution is 7.10. The van der Waals surface area contributed by atoms with Crippen molar-refractivity contribution < 1.29 is 4.74 Å². The van der Waals surface area contributed by atoms with E-state index in [1.165, 1.54) is 21.6 Å². The Bertz CT molecular complexity index is 505. The van der Waals surface area contributed by atoms with E-state index in [0.29, 0.717) is 0 Å². The first-order chi connectivity index (χ1) is 8.24. The quantitative estimate of drug-likeness (QED) is 0.893. The highest BCUT2D eigenvalue weighted by Crippen LogP contribution is 2.29. The lowest BCUT2D eigenvalue weighted by molar-refractivity contribution is 0.412. The Morgan fingerprint density at radius 1 is 1.24 bits per heavy atom. The zero-order valence-electron chi connectivity index (χ0n) is 10.4. The van der Waals surface area contributed by atoms with Crippen LogP contribution in [0.4, 0.5) is 0 Å². The lowest BCUT2D eigenvalue weighted by Crippen LogP contribution is -2.02. The maximum absolute atomic E-state index is 5.27. The molecule has 0 saturated heterocycles. The predicted octanol–water partition coefficient (Wildman–Crippen LogP) is 3.45. The van der Waals surface area contributed by atoms with E-state index in [1.807, 2.05) is 13.1 Å². The van der Waals surface area contributed by atoms with Gasteiger partial charge in [0.1, 0.15) is 5.75 Å². The molecular weight excluding hydrogens is 230 g/mol. The van der Waals surface area contributed by atoms with Crippen LogP contribution in [-0.4, -0.2) is 14.2 Å². The number of nitrogens with one attached hydrogen (secondary N) is 1. The Kier molecular flexibility index (Phi) is 3.82. The summed E-state index contributed by atoms with van der Waals surface area (Å²) in [7, 11) is 3.68. The molecule has 3 heteroatoms. The number of methoxy groups -OCH3 is 1. The first-order valence-electron chi connectivity index (χ1n) is 5.61. The van der Waals surface area contributed by atoms with Gasteiger partial charge in [0.25, 0.3) is 0 Å². The second-order valence-corrected chi connectivity index (χ2v) is 5.01. The summed E-state index contributed by atoms with van der Waals surface area (Å²) in [5.74, 6) is 0.944. The standard InChI is InChI=1S/C14H17NOS/c1-10-6-11(4-5-14(10)16-3)12-7-13(8-15-2)17-9-12/h4-7,9,15H,8H2,1-3H3. The van der Waals surface area contributed by atoms with Gasteiger partial charge in [0.15, 0.2) is 0 Å². The molecule has 0 aliphatic rings. The van der Waals surface area contributed by atoms with Crippen LogP contribution in [0.25, 0.3) is 11.1 Å². The fraction of sp³-hybridized carbons (Fsp3) is 0.286. The van der Waals surface area contributed by atoms with E-state index in [-0.39, 0.29) is 0 Å². The minimum Gasteiger partial charge on any atom is -0.496 e. The van der Waals surface area contributed by atoms with Gasteiger partial charge < -0.3 is 10.1 Å². The van der Waals surface area contributed by atoms with Crippen LogP contribution in [-0.2, 0) is 6.54 Å². The molecule has 0 fully saturated rings. The fourth-order valence-electron chi connectivity index (χ4n) is 1.86. The highest BCUT2D eigenvalue weighted by Gasteiger charge is 2.04. The van der Waals surface area contributed by atoms with Crippen LogP contribution in [0.5, 0.6) is 5.75 Å². The fourth-order valence-corrected chi connectivity index (χ4v) is 2.76. The average Bonchev–Trinajstić information content (AvgIpc) is 2.78. The summed E-state index contributed by atoms with van der Waals surface area (Å²) < 4.78 is 5.27. The summed E-state index contributed by atoms with van der Waals surface area (Å²) in [5, 5.41) is 5.37. The largest absolute Gasteiger partial charge is 0.496 e. The number of hydrogen-bond donors (Lipinski definition) is 1. The molecule has 0 aliphatic carbocycles. The van der Waals surface area contributed by atoms with Crippen molar-refractivity contribution in [1.29, 1.82) is 0 Å². The average molecular weight is 247 g/mol. The molecule has 17 heavy (non-hydrogen) atoms. The van der Waals surface area contributed by atoms with Crippen LogP contribution in [0.2, 0.25) is 0 Å². The van der Waals surface area contributed by atoms with Crippen LogP contribution in [0.3, 0.4) is 0 Å². The van der Waals surface area contributed by atoms with E-state index in [9.17, 15) is 0 Å². The maximum atomic E-state index is 5.27. The molecule has 1 aromatic heterocycles. The Morgan fingerprint density at radius 2 is 2.06 bits per heavy atom. The van der Waals surface area contributed by atoms with E-state index >= 15 is 0 Å². The molecule has 1 heterocycles. The van der Waals surface area contributed by atoms with E-state index in [4.69, 9.17) is 4.74 Å². The summed E-state index contributed by atoms with van der Waals surface area (Å²) in [6, 6.07) is 8.55. The number of ether oxygens (including phenoxy) is 1. The molecule has 0 bridgehead atoms. The summed E-state index contributed by atoms with van der Waals surface area (Å²) in [6.07, 6.45) is 0. The van der Waals surface area contributed by atoms with Crippen molar-refractivity contribution in [2.24, 2.45) is 0 Å². The van der Waals surface area contributed by atoms with Gasteiger partial charge in [-0.2, -0.15) is 0 Å². The number of benzene rings is 1. The van der Waals surface area contributed by atoms with Crippen molar-refractivity contribution in [2.75, 3.05) is 14.2 Å². The summed E-state index contributed by atoms with van der Waals surface area (Å²) in [5.41, 5.74) is 3.71. The van der Waals surface area contributed by atoms with E-state index < -0.39 is 0 Å². The molecule has 90 valence electrons. The Labute approximate surface area is 106 Å². The van der Waals surface area contributed by atoms with Gasteiger partial charge in [0.2, 0.25) is 0 Å². The number of thiophene rings is 1. The first-order valence-corrected chi connectivity index (χ1v) is 6.49. The number of hydrogen-bond acceptors (Lipinski definition) is 3. The van der Waals surface area contributed by atoms with Gasteiger partial charge in [0, 0.05) is 11.4 Å². The second kappa shape index (κ2) is 5.34. The Balaban J connectivity index is 2.29. The topological polar surface area (TPSA) is 21.3 Å². The van der Waals surface area contributed by atoms with E-state index in [1.54, 1.807) is 18.4 Å². The lowest BCUT2D eigenvalue weighted by atomic mass is 10.1. The highest BCUT2D eigenvalue weighted by atomic mass is 32.1. The summed E-state index contributed by atoms with van der Waals surface area (Å²) in [4.78, 5) is 1.36. The molecular formula is C14H17NOS. The molecule has 1 N–H and O–H groups in total. The van der Waals surface area contributed by atoms with Gasteiger partial charge in [-0.25, -0.2) is 0 Å². The lowest BCUT2D eigenvalue weighted by Gasteiger charge is -2.06. The first kappa shape index (κ1) is 12.1. The number of aryl methyl sites for hydroxylation is 1. The third-order valence-electron chi connectivity index (χ3n) is 2.73. The second-order valence-electron chi connectivity index (χ2n) is 4.02. The molecule has 0 spiro atoms. The predicted molar refractivity (Wildman–Crippen MR) is 73.8 cm³/mol. The van der Waals surface area contributed by atoms with Crippen molar-refractivity contribution in [3.05, 3.63) is 40.1 Å². The van der Waals surface area contributed by atoms with Crippen LogP contribution in [0.15, 0.2) is 29.6 Å². The molecule has 0 saturated carbocycles. The van der Waals surface area contributed by atoms with Gasteiger partial charge in [-0.1, -0.05) is 6.07 Å². The molecule has 0 radical (unpaired) electrons. The van der Waals surface area contributed by atoms with Gasteiger partial charge in [-0.15, -0.1) is 11.3 Å². The van der Waals surface area contributed by atoms with Crippen LogP contribution < -0.4 is 10.1 Å². The smallest absolute Gasteiger partial charge is 0.121 e. The minimum absolute atomic E-state index is 0.930. The van der Waals surface area contributed by atoms with Crippen LogP contribution >= 0.6 is 11.3 Å². The van der Waals surface area contributed by atoms with Gasteiger partial charge in [0.05, 0.1) is 7.11 Å². The zero-order valence-corrected chi connectivity index (χ0v) is 11.2. The van der Waals surface area contributed by atoms with Crippen molar-refractivity contribution in [1.82, 2.24) is 5.32 Å².